The van der Waals surface area contributed by atoms with Gasteiger partial charge in [-0.25, -0.2) is 4.98 Å². The lowest BCUT2D eigenvalue weighted by Crippen LogP contribution is -2.24. The third-order valence-electron chi connectivity index (χ3n) is 3.27. The summed E-state index contributed by atoms with van der Waals surface area (Å²) in [6.45, 7) is 0. The summed E-state index contributed by atoms with van der Waals surface area (Å²) in [6.07, 6.45) is 6.93. The number of nitrogens with one attached hydrogen (secondary N) is 2. The van der Waals surface area contributed by atoms with E-state index in [1.807, 2.05) is 24.3 Å². The van der Waals surface area contributed by atoms with E-state index in [2.05, 4.69) is 27.4 Å². The molecular formula is C14H15N3O. The summed E-state index contributed by atoms with van der Waals surface area (Å²) in [7, 11) is 0. The molecule has 0 radical (unpaired) electrons. The Morgan fingerprint density at radius 3 is 3.00 bits per heavy atom. The number of aromatic nitrogens is 2. The van der Waals surface area contributed by atoms with Crippen molar-refractivity contribution >= 4 is 22.9 Å². The Morgan fingerprint density at radius 2 is 2.22 bits per heavy atom. The number of rotatable bonds is 2. The van der Waals surface area contributed by atoms with Crippen molar-refractivity contribution in [2.45, 2.75) is 19.3 Å². The molecule has 0 bridgehead atoms. The fourth-order valence-corrected chi connectivity index (χ4v) is 2.26. The van der Waals surface area contributed by atoms with Crippen LogP contribution in [-0.4, -0.2) is 15.9 Å². The van der Waals surface area contributed by atoms with Crippen molar-refractivity contribution in [1.29, 1.82) is 0 Å². The normalized spacial score (nSPS) is 19.0. The van der Waals surface area contributed by atoms with E-state index in [0.717, 1.165) is 30.3 Å². The minimum absolute atomic E-state index is 0.0541. The molecule has 18 heavy (non-hydrogen) atoms. The summed E-state index contributed by atoms with van der Waals surface area (Å²) in [5.41, 5.74) is 1.81. The molecule has 2 N–H and O–H groups in total. The molecule has 1 aromatic heterocycles. The Bertz CT molecular complexity index is 567. The zero-order chi connectivity index (χ0) is 12.4. The molecule has 1 atom stereocenters. The van der Waals surface area contributed by atoms with E-state index in [9.17, 15) is 4.79 Å². The zero-order valence-corrected chi connectivity index (χ0v) is 10.0. The highest BCUT2D eigenvalue weighted by molar-refractivity contribution is 5.92. The van der Waals surface area contributed by atoms with Gasteiger partial charge in [-0.1, -0.05) is 24.3 Å². The van der Waals surface area contributed by atoms with Gasteiger partial charge >= 0.3 is 0 Å². The number of amides is 1. The number of aromatic amines is 1. The molecule has 1 unspecified atom stereocenters. The smallest absolute Gasteiger partial charge is 0.230 e. The molecule has 0 fully saturated rings. The van der Waals surface area contributed by atoms with Gasteiger partial charge in [-0.2, -0.15) is 0 Å². The molecule has 0 aliphatic heterocycles. The number of H-pyrrole nitrogens is 1. The number of benzene rings is 1. The first-order chi connectivity index (χ1) is 8.83. The number of hydrogen-bond donors (Lipinski definition) is 2. The van der Waals surface area contributed by atoms with Crippen LogP contribution in [0.2, 0.25) is 0 Å². The van der Waals surface area contributed by atoms with Crippen molar-refractivity contribution in [2.75, 3.05) is 5.32 Å². The second kappa shape index (κ2) is 4.64. The number of fused-ring (bicyclic) bond motifs is 1. The van der Waals surface area contributed by atoms with E-state index in [1.54, 1.807) is 0 Å². The molecule has 1 amide bonds. The Morgan fingerprint density at radius 1 is 1.33 bits per heavy atom. The van der Waals surface area contributed by atoms with Crippen LogP contribution in [0.1, 0.15) is 19.3 Å². The second-order valence-corrected chi connectivity index (χ2v) is 4.57. The summed E-state index contributed by atoms with van der Waals surface area (Å²) in [6, 6.07) is 7.74. The third-order valence-corrected chi connectivity index (χ3v) is 3.27. The van der Waals surface area contributed by atoms with E-state index >= 15 is 0 Å². The topological polar surface area (TPSA) is 57.8 Å². The average molecular weight is 241 g/mol. The van der Waals surface area contributed by atoms with Crippen molar-refractivity contribution in [1.82, 2.24) is 9.97 Å². The maximum Gasteiger partial charge on any atom is 0.230 e. The van der Waals surface area contributed by atoms with Crippen molar-refractivity contribution in [3.63, 3.8) is 0 Å². The van der Waals surface area contributed by atoms with Crippen LogP contribution in [-0.2, 0) is 4.79 Å². The Hall–Kier alpha value is -2.10. The van der Waals surface area contributed by atoms with Gasteiger partial charge in [0.15, 0.2) is 0 Å². The van der Waals surface area contributed by atoms with Crippen molar-refractivity contribution < 1.29 is 4.79 Å². The van der Waals surface area contributed by atoms with E-state index < -0.39 is 0 Å². The standard InChI is InChI=1S/C14H15N3O/c18-13(10-6-2-1-3-7-10)17-14-15-11-8-4-5-9-12(11)16-14/h1-2,4-5,8-10H,3,6-7H2,(H2,15,16,17,18). The van der Waals surface area contributed by atoms with Gasteiger partial charge in [0.05, 0.1) is 11.0 Å². The number of hydrogen-bond acceptors (Lipinski definition) is 2. The second-order valence-electron chi connectivity index (χ2n) is 4.57. The molecule has 92 valence electrons. The Balaban J connectivity index is 1.75. The molecule has 1 heterocycles. The molecule has 1 aliphatic carbocycles. The molecule has 1 aromatic carbocycles. The highest BCUT2D eigenvalue weighted by Gasteiger charge is 2.19. The summed E-state index contributed by atoms with van der Waals surface area (Å²) < 4.78 is 0. The monoisotopic (exact) mass is 241 g/mol. The van der Waals surface area contributed by atoms with Crippen LogP contribution in [0.25, 0.3) is 11.0 Å². The Kier molecular flexibility index (Phi) is 2.84. The zero-order valence-electron chi connectivity index (χ0n) is 10.0. The minimum atomic E-state index is 0.0541. The van der Waals surface area contributed by atoms with Crippen LogP contribution in [0.15, 0.2) is 36.4 Å². The highest BCUT2D eigenvalue weighted by atomic mass is 16.2. The third kappa shape index (κ3) is 2.14. The van der Waals surface area contributed by atoms with E-state index in [-0.39, 0.29) is 11.8 Å². The predicted molar refractivity (Wildman–Crippen MR) is 71.2 cm³/mol. The first kappa shape index (κ1) is 11.0. The molecule has 0 saturated heterocycles. The van der Waals surface area contributed by atoms with Gasteiger partial charge in [0, 0.05) is 5.92 Å². The van der Waals surface area contributed by atoms with Crippen LogP contribution in [0.3, 0.4) is 0 Å². The predicted octanol–water partition coefficient (Wildman–Crippen LogP) is 2.86. The highest BCUT2D eigenvalue weighted by Crippen LogP contribution is 2.20. The number of anilines is 1. The van der Waals surface area contributed by atoms with Gasteiger partial charge in [0.25, 0.3) is 0 Å². The number of carbonyl (C=O) groups excluding carboxylic acids is 1. The lowest BCUT2D eigenvalue weighted by Gasteiger charge is -2.15. The van der Waals surface area contributed by atoms with Crippen molar-refractivity contribution in [3.8, 4) is 0 Å². The van der Waals surface area contributed by atoms with E-state index in [0.29, 0.717) is 5.95 Å². The van der Waals surface area contributed by atoms with Crippen LogP contribution >= 0.6 is 0 Å². The average Bonchev–Trinajstić information content (AvgIpc) is 2.82. The van der Waals surface area contributed by atoms with Gasteiger partial charge in [0.2, 0.25) is 11.9 Å². The molecule has 1 aliphatic rings. The SMILES string of the molecule is O=C(Nc1nc2ccccc2[nH]1)C1CC=CCC1. The van der Waals surface area contributed by atoms with Gasteiger partial charge in [0.1, 0.15) is 0 Å². The van der Waals surface area contributed by atoms with E-state index in [4.69, 9.17) is 0 Å². The fraction of sp³-hybridized carbons (Fsp3) is 0.286. The van der Waals surface area contributed by atoms with Crippen LogP contribution in [0.4, 0.5) is 5.95 Å². The maximum atomic E-state index is 12.0. The molecular weight excluding hydrogens is 226 g/mol. The lowest BCUT2D eigenvalue weighted by atomic mass is 9.94. The molecule has 0 saturated carbocycles. The first-order valence-electron chi connectivity index (χ1n) is 6.23. The minimum Gasteiger partial charge on any atom is -0.324 e. The maximum absolute atomic E-state index is 12.0. The lowest BCUT2D eigenvalue weighted by molar-refractivity contribution is -0.120. The van der Waals surface area contributed by atoms with Crippen LogP contribution in [0.5, 0.6) is 0 Å². The van der Waals surface area contributed by atoms with Gasteiger partial charge in [-0.05, 0) is 31.4 Å². The van der Waals surface area contributed by atoms with Gasteiger partial charge in [-0.15, -0.1) is 0 Å². The Labute approximate surface area is 105 Å². The number of nitrogens with zero attached hydrogens (tertiary/aromatic N) is 1. The largest absolute Gasteiger partial charge is 0.324 e. The first-order valence-corrected chi connectivity index (χ1v) is 6.23. The summed E-state index contributed by atoms with van der Waals surface area (Å²) >= 11 is 0. The molecule has 0 spiro atoms. The van der Waals surface area contributed by atoms with Crippen LogP contribution in [0, 0.1) is 5.92 Å². The molecule has 2 aromatic rings. The molecule has 4 nitrogen and oxygen atoms in total. The number of para-hydroxylation sites is 2. The fourth-order valence-electron chi connectivity index (χ4n) is 2.26. The van der Waals surface area contributed by atoms with E-state index in [1.165, 1.54) is 0 Å². The number of imidazole rings is 1. The quantitative estimate of drug-likeness (QED) is 0.794. The van der Waals surface area contributed by atoms with Crippen molar-refractivity contribution in [2.24, 2.45) is 5.92 Å². The molecule has 3 rings (SSSR count). The number of carbonyl (C=O) groups is 1. The van der Waals surface area contributed by atoms with Crippen molar-refractivity contribution in [3.05, 3.63) is 36.4 Å². The van der Waals surface area contributed by atoms with Gasteiger partial charge in [-0.3, -0.25) is 10.1 Å². The summed E-state index contributed by atoms with van der Waals surface area (Å²) in [4.78, 5) is 19.5. The molecule has 4 heteroatoms. The summed E-state index contributed by atoms with van der Waals surface area (Å²) in [5.74, 6) is 0.664. The number of allylic oxidation sites excluding steroid dienone is 2. The summed E-state index contributed by atoms with van der Waals surface area (Å²) in [5, 5.41) is 2.86. The van der Waals surface area contributed by atoms with Crippen LogP contribution < -0.4 is 5.32 Å². The van der Waals surface area contributed by atoms with Gasteiger partial charge < -0.3 is 4.98 Å².